The van der Waals surface area contributed by atoms with E-state index in [1.54, 1.807) is 0 Å². The lowest BCUT2D eigenvalue weighted by Crippen LogP contribution is -2.35. The molecule has 0 aliphatic carbocycles. The van der Waals surface area contributed by atoms with Crippen LogP contribution in [0.25, 0.3) is 0 Å². The molecule has 9 heteroatoms. The molecular weight excluding hydrogens is 447 g/mol. The number of carbonyl (C=O) groups is 1. The second kappa shape index (κ2) is 12.4. The molecule has 0 radical (unpaired) electrons. The first-order valence-electron chi connectivity index (χ1n) is 11.4. The molecule has 6 nitrogen and oxygen atoms in total. The smallest absolute Gasteiger partial charge is 0.391 e. The molecule has 2 aromatic carbocycles. The third-order valence-electron chi connectivity index (χ3n) is 5.62. The zero-order valence-corrected chi connectivity index (χ0v) is 19.2. The van der Waals surface area contributed by atoms with Gasteiger partial charge in [0.25, 0.3) is 0 Å². The van der Waals surface area contributed by atoms with Gasteiger partial charge in [-0.05, 0) is 60.6 Å². The quantitative estimate of drug-likeness (QED) is 0.374. The van der Waals surface area contributed by atoms with Crippen molar-refractivity contribution in [3.8, 4) is 0 Å². The number of nitrogens with zero attached hydrogens (tertiary/aromatic N) is 1. The molecule has 0 unspecified atom stereocenters. The molecule has 0 spiro atoms. The Bertz CT molecular complexity index is 939. The van der Waals surface area contributed by atoms with Crippen molar-refractivity contribution in [1.29, 1.82) is 0 Å². The Kier molecular flexibility index (Phi) is 9.33. The standard InChI is InChI=1S/C25H30F3N3O3/c1-2-23(31-34-17-19-3-7-21(8-4-19)25(26,27)28)20-5-9-22(10-6-20)29-16-24(32)30-15-18-11-13-33-14-12-18/h3-10,18,29H,2,11-17H2,1H3,(H,30,32). The largest absolute Gasteiger partial charge is 0.416 e. The zero-order valence-electron chi connectivity index (χ0n) is 19.2. The van der Waals surface area contributed by atoms with Crippen molar-refractivity contribution in [2.24, 2.45) is 11.1 Å². The Hall–Kier alpha value is -3.07. The highest BCUT2D eigenvalue weighted by Crippen LogP contribution is 2.29. The van der Waals surface area contributed by atoms with Gasteiger partial charge in [-0.2, -0.15) is 13.2 Å². The number of nitrogens with one attached hydrogen (secondary N) is 2. The molecule has 2 aromatic rings. The zero-order chi connectivity index (χ0) is 24.4. The number of oxime groups is 1. The number of benzene rings is 2. The number of halogens is 3. The number of amides is 1. The Labute approximate surface area is 197 Å². The van der Waals surface area contributed by atoms with Gasteiger partial charge in [0.15, 0.2) is 0 Å². The normalized spacial score (nSPS) is 15.1. The van der Waals surface area contributed by atoms with Gasteiger partial charge in [-0.25, -0.2) is 0 Å². The highest BCUT2D eigenvalue weighted by Gasteiger charge is 2.29. The van der Waals surface area contributed by atoms with Gasteiger partial charge in [0.1, 0.15) is 6.61 Å². The van der Waals surface area contributed by atoms with Crippen LogP contribution in [0, 0.1) is 5.92 Å². The molecule has 34 heavy (non-hydrogen) atoms. The van der Waals surface area contributed by atoms with Crippen molar-refractivity contribution in [2.45, 2.75) is 39.0 Å². The summed E-state index contributed by atoms with van der Waals surface area (Å²) in [5.41, 5.74) is 2.30. The van der Waals surface area contributed by atoms with Gasteiger partial charge in [0, 0.05) is 25.4 Å². The number of hydrogen-bond donors (Lipinski definition) is 2. The van der Waals surface area contributed by atoms with E-state index in [0.717, 1.165) is 49.4 Å². The van der Waals surface area contributed by atoms with E-state index >= 15 is 0 Å². The topological polar surface area (TPSA) is 72.0 Å². The van der Waals surface area contributed by atoms with Crippen molar-refractivity contribution in [3.63, 3.8) is 0 Å². The number of ether oxygens (including phenoxy) is 1. The van der Waals surface area contributed by atoms with Crippen LogP contribution in [-0.4, -0.2) is 37.9 Å². The van der Waals surface area contributed by atoms with Crippen molar-refractivity contribution in [1.82, 2.24) is 5.32 Å². The summed E-state index contributed by atoms with van der Waals surface area (Å²) in [5, 5.41) is 10.2. The molecule has 2 N–H and O–H groups in total. The Morgan fingerprint density at radius 1 is 1.09 bits per heavy atom. The second-order valence-corrected chi connectivity index (χ2v) is 8.15. The molecule has 0 saturated carbocycles. The molecule has 1 heterocycles. The maximum absolute atomic E-state index is 12.7. The fraction of sp³-hybridized carbons (Fsp3) is 0.440. The number of hydrogen-bond acceptors (Lipinski definition) is 5. The van der Waals surface area contributed by atoms with Gasteiger partial charge < -0.3 is 20.2 Å². The number of anilines is 1. The van der Waals surface area contributed by atoms with E-state index in [4.69, 9.17) is 9.57 Å². The molecule has 1 amide bonds. The molecule has 1 saturated heterocycles. The van der Waals surface area contributed by atoms with E-state index in [9.17, 15) is 18.0 Å². The van der Waals surface area contributed by atoms with Gasteiger partial charge in [-0.15, -0.1) is 0 Å². The van der Waals surface area contributed by atoms with E-state index < -0.39 is 11.7 Å². The van der Waals surface area contributed by atoms with Gasteiger partial charge >= 0.3 is 6.18 Å². The number of alkyl halides is 3. The van der Waals surface area contributed by atoms with E-state index in [0.29, 0.717) is 30.2 Å². The fourth-order valence-electron chi connectivity index (χ4n) is 3.53. The molecule has 1 fully saturated rings. The second-order valence-electron chi connectivity index (χ2n) is 8.15. The van der Waals surface area contributed by atoms with Crippen molar-refractivity contribution >= 4 is 17.3 Å². The lowest BCUT2D eigenvalue weighted by Gasteiger charge is -2.22. The van der Waals surface area contributed by atoms with Crippen LogP contribution in [-0.2, 0) is 27.2 Å². The van der Waals surface area contributed by atoms with Crippen LogP contribution in [0.1, 0.15) is 42.9 Å². The summed E-state index contributed by atoms with van der Waals surface area (Å²) >= 11 is 0. The minimum Gasteiger partial charge on any atom is -0.391 e. The van der Waals surface area contributed by atoms with Crippen LogP contribution < -0.4 is 10.6 Å². The summed E-state index contributed by atoms with van der Waals surface area (Å²) in [6, 6.07) is 12.3. The van der Waals surface area contributed by atoms with Crippen LogP contribution in [0.3, 0.4) is 0 Å². The predicted octanol–water partition coefficient (Wildman–Crippen LogP) is 4.99. The molecular formula is C25H30F3N3O3. The summed E-state index contributed by atoms with van der Waals surface area (Å²) in [6.07, 6.45) is -1.79. The Balaban J connectivity index is 1.45. The van der Waals surface area contributed by atoms with E-state index in [1.807, 2.05) is 31.2 Å². The molecule has 1 aliphatic heterocycles. The van der Waals surface area contributed by atoms with E-state index in [1.165, 1.54) is 12.1 Å². The first-order valence-corrected chi connectivity index (χ1v) is 11.4. The lowest BCUT2D eigenvalue weighted by molar-refractivity contribution is -0.137. The third kappa shape index (κ3) is 8.06. The first-order chi connectivity index (χ1) is 16.3. The van der Waals surface area contributed by atoms with Crippen molar-refractivity contribution in [2.75, 3.05) is 31.6 Å². The molecule has 3 rings (SSSR count). The van der Waals surface area contributed by atoms with Crippen LogP contribution in [0.15, 0.2) is 53.7 Å². The maximum atomic E-state index is 12.7. The summed E-state index contributed by atoms with van der Waals surface area (Å²) in [4.78, 5) is 17.5. The number of rotatable bonds is 10. The van der Waals surface area contributed by atoms with Crippen LogP contribution in [0.5, 0.6) is 0 Å². The summed E-state index contributed by atoms with van der Waals surface area (Å²) in [6.45, 7) is 4.39. The minimum atomic E-state index is -4.36. The van der Waals surface area contributed by atoms with Crippen LogP contribution in [0.4, 0.5) is 18.9 Å². The SMILES string of the molecule is CCC(=NOCc1ccc(C(F)(F)F)cc1)c1ccc(NCC(=O)NCC2CCOCC2)cc1. The van der Waals surface area contributed by atoms with Crippen molar-refractivity contribution in [3.05, 3.63) is 65.2 Å². The molecule has 0 atom stereocenters. The molecule has 0 aromatic heterocycles. The van der Waals surface area contributed by atoms with Crippen LogP contribution >= 0.6 is 0 Å². The highest BCUT2D eigenvalue weighted by molar-refractivity contribution is 6.00. The van der Waals surface area contributed by atoms with E-state index in [-0.39, 0.29) is 19.1 Å². The fourth-order valence-corrected chi connectivity index (χ4v) is 3.53. The summed E-state index contributed by atoms with van der Waals surface area (Å²) < 4.78 is 43.3. The molecule has 184 valence electrons. The Morgan fingerprint density at radius 2 is 1.76 bits per heavy atom. The van der Waals surface area contributed by atoms with Gasteiger partial charge in [0.2, 0.25) is 5.91 Å². The average Bonchev–Trinajstić information content (AvgIpc) is 2.85. The summed E-state index contributed by atoms with van der Waals surface area (Å²) in [7, 11) is 0. The summed E-state index contributed by atoms with van der Waals surface area (Å²) in [5.74, 6) is 0.424. The van der Waals surface area contributed by atoms with Gasteiger partial charge in [-0.1, -0.05) is 36.3 Å². The Morgan fingerprint density at radius 3 is 2.38 bits per heavy atom. The average molecular weight is 478 g/mol. The maximum Gasteiger partial charge on any atom is 0.416 e. The van der Waals surface area contributed by atoms with Gasteiger partial charge in [-0.3, -0.25) is 4.79 Å². The molecule has 1 aliphatic rings. The molecule has 0 bridgehead atoms. The number of carbonyl (C=O) groups excluding carboxylic acids is 1. The first kappa shape index (κ1) is 25.6. The minimum absolute atomic E-state index is 0.0527. The highest BCUT2D eigenvalue weighted by atomic mass is 19.4. The van der Waals surface area contributed by atoms with Crippen LogP contribution in [0.2, 0.25) is 0 Å². The van der Waals surface area contributed by atoms with E-state index in [2.05, 4.69) is 15.8 Å². The van der Waals surface area contributed by atoms with Crippen molar-refractivity contribution < 1.29 is 27.5 Å². The predicted molar refractivity (Wildman–Crippen MR) is 125 cm³/mol. The monoisotopic (exact) mass is 477 g/mol. The third-order valence-corrected chi connectivity index (χ3v) is 5.62. The van der Waals surface area contributed by atoms with Gasteiger partial charge in [0.05, 0.1) is 17.8 Å². The lowest BCUT2D eigenvalue weighted by atomic mass is 10.0.